The summed E-state index contributed by atoms with van der Waals surface area (Å²) >= 11 is 0. The number of carbonyl (C=O) groups excluding carboxylic acids is 4. The van der Waals surface area contributed by atoms with Crippen molar-refractivity contribution in [3.8, 4) is 0 Å². The first-order valence-electron chi connectivity index (χ1n) is 9.68. The summed E-state index contributed by atoms with van der Waals surface area (Å²) in [5.74, 6) is -2.56. The number of unbranched alkanes of at least 4 members (excludes halogenated alkanes) is 4. The molecule has 0 aliphatic rings. The summed E-state index contributed by atoms with van der Waals surface area (Å²) in [5.41, 5.74) is 5.17. The van der Waals surface area contributed by atoms with Gasteiger partial charge in [0, 0.05) is 7.79 Å². The number of hydrogen-bond acceptors (Lipinski definition) is 5. The zero-order chi connectivity index (χ0) is 20.8. The van der Waals surface area contributed by atoms with Gasteiger partial charge in [-0.2, -0.15) is 0 Å². The van der Waals surface area contributed by atoms with Crippen LogP contribution in [0.1, 0.15) is 67.1 Å². The summed E-state index contributed by atoms with van der Waals surface area (Å²) in [6.45, 7) is 3.89. The van der Waals surface area contributed by atoms with Crippen LogP contribution in [0.5, 0.6) is 0 Å². The van der Waals surface area contributed by atoms with Crippen molar-refractivity contribution in [1.29, 1.82) is 0 Å². The Morgan fingerprint density at radius 3 is 2.27 bits per heavy atom. The quantitative estimate of drug-likeness (QED) is 0.328. The van der Waals surface area contributed by atoms with Gasteiger partial charge in [-0.3, -0.25) is 14.4 Å². The van der Waals surface area contributed by atoms with Gasteiger partial charge in [0.15, 0.2) is 0 Å². The van der Waals surface area contributed by atoms with E-state index in [1.54, 1.807) is 13.8 Å². The van der Waals surface area contributed by atoms with E-state index in [-0.39, 0.29) is 24.7 Å². The van der Waals surface area contributed by atoms with Crippen molar-refractivity contribution in [2.75, 3.05) is 7.11 Å². The van der Waals surface area contributed by atoms with Crippen molar-refractivity contribution in [1.82, 2.24) is 10.6 Å². The number of primary amides is 1. The lowest BCUT2D eigenvalue weighted by Gasteiger charge is -2.23. The summed E-state index contributed by atoms with van der Waals surface area (Å²) in [7, 11) is 1.22. The Bertz CT molecular complexity index is 499. The molecule has 0 unspecified atom stereocenters. The van der Waals surface area contributed by atoms with Crippen LogP contribution in [0, 0.1) is 5.92 Å². The van der Waals surface area contributed by atoms with Crippen LogP contribution in [0.4, 0.5) is 0 Å². The molecule has 0 radical (unpaired) electrons. The van der Waals surface area contributed by atoms with Crippen molar-refractivity contribution in [2.45, 2.75) is 77.8 Å². The van der Waals surface area contributed by atoms with Crippen LogP contribution in [0.25, 0.3) is 0 Å². The SMILES string of the molecule is [2H]CCCCCCCC(=O)N[C@@H](CC(N)=O)C(=O)N[C@H](C(=O)OC)C(C)C. The first-order chi connectivity index (χ1) is 12.7. The molecule has 0 aliphatic carbocycles. The summed E-state index contributed by atoms with van der Waals surface area (Å²) < 4.78 is 11.7. The van der Waals surface area contributed by atoms with E-state index in [1.807, 2.05) is 0 Å². The second-order valence-electron chi connectivity index (χ2n) is 6.56. The van der Waals surface area contributed by atoms with E-state index in [0.29, 0.717) is 13.3 Å². The molecule has 0 rings (SSSR count). The highest BCUT2D eigenvalue weighted by molar-refractivity contribution is 5.93. The summed E-state index contributed by atoms with van der Waals surface area (Å²) in [6.07, 6.45) is 4.16. The zero-order valence-corrected chi connectivity index (χ0v) is 16.0. The van der Waals surface area contributed by atoms with Crippen LogP contribution in [0.3, 0.4) is 0 Å². The minimum atomic E-state index is -1.13. The molecule has 8 nitrogen and oxygen atoms in total. The van der Waals surface area contributed by atoms with Gasteiger partial charge in [-0.25, -0.2) is 4.79 Å². The summed E-state index contributed by atoms with van der Waals surface area (Å²) in [6, 6.07) is -2.02. The van der Waals surface area contributed by atoms with Crippen molar-refractivity contribution >= 4 is 23.7 Å². The lowest BCUT2D eigenvalue weighted by atomic mass is 10.0. The second kappa shape index (κ2) is 13.1. The van der Waals surface area contributed by atoms with E-state index in [2.05, 4.69) is 15.4 Å². The predicted octanol–water partition coefficient (Wildman–Crippen LogP) is 1.02. The molecule has 26 heavy (non-hydrogen) atoms. The van der Waals surface area contributed by atoms with Gasteiger partial charge in [0.2, 0.25) is 17.7 Å². The Balaban J connectivity index is 4.67. The minimum absolute atomic E-state index is 0.227. The average molecular weight is 372 g/mol. The van der Waals surface area contributed by atoms with E-state index in [1.165, 1.54) is 7.11 Å². The Hall–Kier alpha value is -2.12. The van der Waals surface area contributed by atoms with E-state index in [9.17, 15) is 19.2 Å². The third-order valence-corrected chi connectivity index (χ3v) is 3.88. The summed E-state index contributed by atoms with van der Waals surface area (Å²) in [4.78, 5) is 47.5. The number of carbonyl (C=O) groups is 4. The third kappa shape index (κ3) is 10.0. The molecule has 0 bridgehead atoms. The van der Waals surface area contributed by atoms with Crippen molar-refractivity contribution in [3.05, 3.63) is 0 Å². The van der Waals surface area contributed by atoms with Gasteiger partial charge in [0.25, 0.3) is 0 Å². The van der Waals surface area contributed by atoms with Crippen LogP contribution >= 0.6 is 0 Å². The number of nitrogens with two attached hydrogens (primary N) is 1. The molecule has 0 saturated heterocycles. The van der Waals surface area contributed by atoms with Crippen molar-refractivity contribution in [3.63, 3.8) is 0 Å². The van der Waals surface area contributed by atoms with Gasteiger partial charge in [-0.15, -0.1) is 0 Å². The molecule has 0 spiro atoms. The molecular weight excluding hydrogens is 338 g/mol. The van der Waals surface area contributed by atoms with E-state index >= 15 is 0 Å². The highest BCUT2D eigenvalue weighted by Gasteiger charge is 2.30. The molecule has 0 aromatic rings. The van der Waals surface area contributed by atoms with Crippen LogP contribution in [-0.2, 0) is 23.9 Å². The predicted molar refractivity (Wildman–Crippen MR) is 97.9 cm³/mol. The van der Waals surface area contributed by atoms with Crippen LogP contribution < -0.4 is 16.4 Å². The molecule has 0 fully saturated rings. The molecular formula is C18H33N3O5. The average Bonchev–Trinajstić information content (AvgIpc) is 2.60. The number of nitrogens with one attached hydrogen (secondary N) is 2. The maximum absolute atomic E-state index is 12.4. The zero-order valence-electron chi connectivity index (χ0n) is 17.0. The Morgan fingerprint density at radius 1 is 1.08 bits per heavy atom. The van der Waals surface area contributed by atoms with Crippen molar-refractivity contribution in [2.24, 2.45) is 11.7 Å². The smallest absolute Gasteiger partial charge is 0.328 e. The largest absolute Gasteiger partial charge is 0.467 e. The number of ether oxygens (including phenoxy) is 1. The number of methoxy groups -OCH3 is 1. The van der Waals surface area contributed by atoms with Crippen LogP contribution in [0.15, 0.2) is 0 Å². The van der Waals surface area contributed by atoms with Gasteiger partial charge < -0.3 is 21.1 Å². The first-order valence-corrected chi connectivity index (χ1v) is 8.98. The number of hydrogen-bond donors (Lipinski definition) is 3. The first kappa shape index (κ1) is 21.9. The van der Waals surface area contributed by atoms with Crippen LogP contribution in [-0.4, -0.2) is 42.9 Å². The van der Waals surface area contributed by atoms with Gasteiger partial charge in [-0.05, 0) is 12.3 Å². The minimum Gasteiger partial charge on any atom is -0.467 e. The Kier molecular flexibility index (Phi) is 11.1. The lowest BCUT2D eigenvalue weighted by Crippen LogP contribution is -2.54. The molecule has 0 heterocycles. The highest BCUT2D eigenvalue weighted by Crippen LogP contribution is 2.07. The topological polar surface area (TPSA) is 128 Å². The number of rotatable bonds is 13. The standard InChI is InChI=1S/C18H33N3O5/c1-5-6-7-8-9-10-15(23)20-13(11-14(19)22)17(24)21-16(12(2)3)18(25)26-4/h12-13,16H,5-11H2,1-4H3,(H2,19,22)(H,20,23)(H,21,24)/t13-,16-/m0/s1/i1D. The second-order valence-corrected chi connectivity index (χ2v) is 6.56. The number of esters is 1. The fourth-order valence-corrected chi connectivity index (χ4v) is 2.37. The van der Waals surface area contributed by atoms with Crippen LogP contribution in [0.2, 0.25) is 0 Å². The Labute approximate surface area is 157 Å². The molecule has 0 aromatic heterocycles. The molecule has 3 amide bonds. The fraction of sp³-hybridized carbons (Fsp3) is 0.778. The normalized spacial score (nSPS) is 13.5. The maximum atomic E-state index is 12.4. The van der Waals surface area contributed by atoms with Gasteiger partial charge in [-0.1, -0.05) is 46.4 Å². The van der Waals surface area contributed by atoms with Gasteiger partial charge in [0.05, 0.1) is 13.5 Å². The van der Waals surface area contributed by atoms with Gasteiger partial charge in [0.1, 0.15) is 12.1 Å². The number of amides is 3. The lowest BCUT2D eigenvalue weighted by molar-refractivity contribution is -0.146. The maximum Gasteiger partial charge on any atom is 0.328 e. The molecule has 0 saturated carbocycles. The fourth-order valence-electron chi connectivity index (χ4n) is 2.37. The summed E-state index contributed by atoms with van der Waals surface area (Å²) in [5, 5.41) is 5.03. The molecule has 8 heteroatoms. The molecule has 4 N–H and O–H groups in total. The third-order valence-electron chi connectivity index (χ3n) is 3.88. The molecule has 0 aromatic carbocycles. The highest BCUT2D eigenvalue weighted by atomic mass is 16.5. The Morgan fingerprint density at radius 2 is 1.73 bits per heavy atom. The van der Waals surface area contributed by atoms with E-state index in [0.717, 1.165) is 25.7 Å². The molecule has 150 valence electrons. The van der Waals surface area contributed by atoms with E-state index in [4.69, 9.17) is 7.10 Å². The molecule has 0 aliphatic heterocycles. The monoisotopic (exact) mass is 372 g/mol. The molecule has 2 atom stereocenters. The van der Waals surface area contributed by atoms with E-state index < -0.39 is 29.9 Å². The van der Waals surface area contributed by atoms with Gasteiger partial charge >= 0.3 is 5.97 Å². The van der Waals surface area contributed by atoms with Crippen molar-refractivity contribution < 1.29 is 25.3 Å².